The van der Waals surface area contributed by atoms with E-state index in [9.17, 15) is 0 Å². The highest BCUT2D eigenvalue weighted by Gasteiger charge is 2.48. The first-order chi connectivity index (χ1) is 18.0. The van der Waals surface area contributed by atoms with Gasteiger partial charge in [-0.15, -0.1) is 0 Å². The van der Waals surface area contributed by atoms with Crippen LogP contribution in [0.1, 0.15) is 209 Å². The van der Waals surface area contributed by atoms with Crippen LogP contribution in [0.4, 0.5) is 0 Å². The lowest BCUT2D eigenvalue weighted by atomic mass is 9.70. The summed E-state index contributed by atoms with van der Waals surface area (Å²) in [6.45, 7) is 19.1. The Morgan fingerprint density at radius 2 is 0.568 bits per heavy atom. The minimum atomic E-state index is 0.0779. The Labute approximate surface area is 237 Å². The molecule has 0 aliphatic rings. The largest absolute Gasteiger partial charge is 0.368 e. The highest BCUT2D eigenvalue weighted by Crippen LogP contribution is 2.49. The predicted octanol–water partition coefficient (Wildman–Crippen LogP) is 13.2. The van der Waals surface area contributed by atoms with E-state index >= 15 is 0 Å². The molecule has 1 heteroatoms. The fourth-order valence-electron chi connectivity index (χ4n) is 6.89. The second-order valence-electron chi connectivity index (χ2n) is 12.6. The Morgan fingerprint density at radius 1 is 0.351 bits per heavy atom. The average Bonchev–Trinajstić information content (AvgIpc) is 2.92. The normalized spacial score (nSPS) is 12.8. The quantitative estimate of drug-likeness (QED) is 0.0992. The van der Waals surface area contributed by atoms with Crippen molar-refractivity contribution in [3.8, 4) is 0 Å². The number of ether oxygens (including phenoxy) is 1. The van der Waals surface area contributed by atoms with Crippen LogP contribution in [0.25, 0.3) is 0 Å². The molecule has 0 rings (SSSR count). The fraction of sp³-hybridized carbons (Fsp3) is 1.00. The first kappa shape index (κ1) is 37.0. The molecule has 0 fully saturated rings. The van der Waals surface area contributed by atoms with Crippen molar-refractivity contribution in [2.45, 2.75) is 221 Å². The lowest BCUT2D eigenvalue weighted by Gasteiger charge is -2.52. The predicted molar refractivity (Wildman–Crippen MR) is 170 cm³/mol. The molecule has 0 N–H and O–H groups in total. The van der Waals surface area contributed by atoms with Crippen LogP contribution < -0.4 is 0 Å². The Morgan fingerprint density at radius 3 is 0.757 bits per heavy atom. The minimum Gasteiger partial charge on any atom is -0.368 e. The molecule has 0 aliphatic carbocycles. The van der Waals surface area contributed by atoms with Crippen LogP contribution in [0, 0.1) is 11.8 Å². The molecule has 224 valence electrons. The van der Waals surface area contributed by atoms with Crippen LogP contribution in [-0.4, -0.2) is 11.2 Å². The Kier molecular flexibility index (Phi) is 23.8. The summed E-state index contributed by atoms with van der Waals surface area (Å²) in [4.78, 5) is 0. The van der Waals surface area contributed by atoms with Crippen LogP contribution in [0.15, 0.2) is 0 Å². The molecular weight excluding hydrogens is 448 g/mol. The van der Waals surface area contributed by atoms with E-state index in [0.717, 1.165) is 11.8 Å². The lowest BCUT2D eigenvalue weighted by molar-refractivity contribution is -0.224. The smallest absolute Gasteiger partial charge is 0.0718 e. The molecule has 0 unspecified atom stereocenters. The second-order valence-corrected chi connectivity index (χ2v) is 12.6. The van der Waals surface area contributed by atoms with Crippen LogP contribution in [0.2, 0.25) is 0 Å². The first-order valence-corrected chi connectivity index (χ1v) is 17.7. The summed E-state index contributed by atoms with van der Waals surface area (Å²) >= 11 is 0. The molecule has 0 aliphatic heterocycles. The van der Waals surface area contributed by atoms with Gasteiger partial charge in [-0.1, -0.05) is 158 Å². The molecule has 37 heavy (non-hydrogen) atoms. The summed E-state index contributed by atoms with van der Waals surface area (Å²) in [5.74, 6) is 1.46. The third-order valence-electron chi connectivity index (χ3n) is 9.33. The first-order valence-electron chi connectivity index (χ1n) is 17.7. The van der Waals surface area contributed by atoms with E-state index in [1.54, 1.807) is 0 Å². The van der Waals surface area contributed by atoms with Gasteiger partial charge in [-0.05, 0) is 63.2 Å². The van der Waals surface area contributed by atoms with Crippen molar-refractivity contribution >= 4 is 0 Å². The summed E-state index contributed by atoms with van der Waals surface area (Å²) in [7, 11) is 0. The molecule has 0 aromatic rings. The minimum absolute atomic E-state index is 0.0779. The van der Waals surface area contributed by atoms with E-state index in [4.69, 9.17) is 4.74 Å². The van der Waals surface area contributed by atoms with Gasteiger partial charge in [0.25, 0.3) is 0 Å². The van der Waals surface area contributed by atoms with Gasteiger partial charge in [0.2, 0.25) is 0 Å². The maximum atomic E-state index is 8.15. The van der Waals surface area contributed by atoms with Crippen molar-refractivity contribution in [3.63, 3.8) is 0 Å². The topological polar surface area (TPSA) is 9.23 Å². The van der Waals surface area contributed by atoms with Gasteiger partial charge in [0.1, 0.15) is 0 Å². The van der Waals surface area contributed by atoms with Crippen LogP contribution in [0.5, 0.6) is 0 Å². The average molecular weight is 523 g/mol. The Balaban J connectivity index is 6.84. The van der Waals surface area contributed by atoms with E-state index in [2.05, 4.69) is 55.4 Å². The van der Waals surface area contributed by atoms with Crippen molar-refractivity contribution in [3.05, 3.63) is 0 Å². The van der Waals surface area contributed by atoms with Crippen LogP contribution in [0.3, 0.4) is 0 Å². The van der Waals surface area contributed by atoms with E-state index in [1.165, 1.54) is 154 Å². The SMILES string of the molecule is CCCCC(CCCC)C(CCCC)(CCCC)OC(CCCC)(CCCC)C(CCCC)CCCC. The van der Waals surface area contributed by atoms with Gasteiger partial charge < -0.3 is 4.74 Å². The summed E-state index contributed by atoms with van der Waals surface area (Å²) in [5.41, 5.74) is 0.156. The zero-order valence-corrected chi connectivity index (χ0v) is 27.5. The van der Waals surface area contributed by atoms with Crippen molar-refractivity contribution in [1.29, 1.82) is 0 Å². The summed E-state index contributed by atoms with van der Waals surface area (Å²) < 4.78 is 8.15. The molecule has 0 aromatic carbocycles. The van der Waals surface area contributed by atoms with E-state index in [0.29, 0.717) is 0 Å². The molecule has 0 amide bonds. The van der Waals surface area contributed by atoms with Gasteiger partial charge in [-0.2, -0.15) is 0 Å². The molecule has 0 spiro atoms. The summed E-state index contributed by atoms with van der Waals surface area (Å²) in [5, 5.41) is 0. The molecule has 0 bridgehead atoms. The van der Waals surface area contributed by atoms with Gasteiger partial charge in [0.05, 0.1) is 11.2 Å². The zero-order chi connectivity index (χ0) is 27.8. The Hall–Kier alpha value is -0.0400. The molecule has 0 saturated heterocycles. The molecular formula is C36H74O. The van der Waals surface area contributed by atoms with Gasteiger partial charge in [0, 0.05) is 0 Å². The van der Waals surface area contributed by atoms with Gasteiger partial charge in [0.15, 0.2) is 0 Å². The maximum Gasteiger partial charge on any atom is 0.0718 e. The van der Waals surface area contributed by atoms with Gasteiger partial charge in [-0.25, -0.2) is 0 Å². The van der Waals surface area contributed by atoms with E-state index in [-0.39, 0.29) is 11.2 Å². The summed E-state index contributed by atoms with van der Waals surface area (Å²) in [6, 6.07) is 0. The van der Waals surface area contributed by atoms with Crippen molar-refractivity contribution in [2.24, 2.45) is 11.8 Å². The fourth-order valence-corrected chi connectivity index (χ4v) is 6.89. The molecule has 0 saturated carbocycles. The third kappa shape index (κ3) is 14.2. The number of hydrogen-bond donors (Lipinski definition) is 0. The maximum absolute atomic E-state index is 8.15. The molecule has 0 heterocycles. The molecule has 0 atom stereocenters. The van der Waals surface area contributed by atoms with Crippen molar-refractivity contribution in [2.75, 3.05) is 0 Å². The van der Waals surface area contributed by atoms with E-state index in [1.807, 2.05) is 0 Å². The van der Waals surface area contributed by atoms with Crippen molar-refractivity contribution < 1.29 is 4.74 Å². The molecule has 1 nitrogen and oxygen atoms in total. The number of rotatable bonds is 28. The molecule has 0 radical (unpaired) electrons. The van der Waals surface area contributed by atoms with Crippen molar-refractivity contribution in [1.82, 2.24) is 0 Å². The molecule has 0 aromatic heterocycles. The monoisotopic (exact) mass is 523 g/mol. The third-order valence-corrected chi connectivity index (χ3v) is 9.33. The van der Waals surface area contributed by atoms with Crippen LogP contribution in [-0.2, 0) is 4.74 Å². The standard InChI is InChI=1S/C36H74O/c1-9-17-25-33(26-18-10-2)35(29-21-13-5,30-22-14-6)37-36(31-23-15-7,32-24-16-8)34(27-19-11-3)28-20-12-4/h33-34H,9-32H2,1-8H3. The number of hydrogen-bond acceptors (Lipinski definition) is 1. The highest BCUT2D eigenvalue weighted by molar-refractivity contribution is 4.97. The van der Waals surface area contributed by atoms with E-state index < -0.39 is 0 Å². The zero-order valence-electron chi connectivity index (χ0n) is 27.5. The second kappa shape index (κ2) is 23.8. The van der Waals surface area contributed by atoms with Gasteiger partial charge >= 0.3 is 0 Å². The Bertz CT molecular complexity index is 395. The van der Waals surface area contributed by atoms with Crippen LogP contribution >= 0.6 is 0 Å². The summed E-state index contributed by atoms with van der Waals surface area (Å²) in [6.07, 6.45) is 31.8. The lowest BCUT2D eigenvalue weighted by Crippen LogP contribution is -2.53. The highest BCUT2D eigenvalue weighted by atomic mass is 16.5. The van der Waals surface area contributed by atoms with Gasteiger partial charge in [-0.3, -0.25) is 0 Å². The number of unbranched alkanes of at least 4 members (excludes halogenated alkanes) is 8.